The number of carbonyl (C=O) groups excluding carboxylic acids is 1. The molecule has 2 aliphatic rings. The maximum Gasteiger partial charge on any atom is 0.246 e. The van der Waals surface area contributed by atoms with Crippen LogP contribution in [0, 0.1) is 40.9 Å². The smallest absolute Gasteiger partial charge is 0.246 e. The van der Waals surface area contributed by atoms with Gasteiger partial charge in [-0.2, -0.15) is 0 Å². The summed E-state index contributed by atoms with van der Waals surface area (Å²) in [6.07, 6.45) is 2.69. The van der Waals surface area contributed by atoms with E-state index in [0.717, 1.165) is 17.9 Å². The number of carbonyl (C=O) groups is 1. The Morgan fingerprint density at radius 2 is 1.58 bits per heavy atom. The molecule has 132 valence electrons. The van der Waals surface area contributed by atoms with Crippen LogP contribution in [0.1, 0.15) is 38.2 Å². The minimum Gasteiger partial charge on any atom is -0.273 e. The van der Waals surface area contributed by atoms with Gasteiger partial charge in [0.1, 0.15) is 6.61 Å². The first kappa shape index (κ1) is 17.1. The molecule has 1 aromatic carbocycles. The normalized spacial score (nSPS) is 26.8. The number of amides is 1. The number of nitrogens with zero attached hydrogens (tertiary/aromatic N) is 1. The molecular formula is C16H16F5NO2. The number of hydrogen-bond acceptors (Lipinski definition) is 2. The van der Waals surface area contributed by atoms with Crippen LogP contribution in [-0.2, 0) is 16.2 Å². The Labute approximate surface area is 135 Å². The van der Waals surface area contributed by atoms with E-state index in [9.17, 15) is 26.7 Å². The summed E-state index contributed by atoms with van der Waals surface area (Å²) in [4.78, 5) is 17.2. The Hall–Kier alpha value is -1.70. The summed E-state index contributed by atoms with van der Waals surface area (Å²) in [6.45, 7) is 1.19. The number of rotatable bonds is 3. The monoisotopic (exact) mass is 349 g/mol. The van der Waals surface area contributed by atoms with Crippen LogP contribution in [0.3, 0.4) is 0 Å². The van der Waals surface area contributed by atoms with Gasteiger partial charge in [-0.25, -0.2) is 27.0 Å². The lowest BCUT2D eigenvalue weighted by atomic mass is 9.79. The van der Waals surface area contributed by atoms with Gasteiger partial charge in [0.2, 0.25) is 11.7 Å². The molecule has 0 bridgehead atoms. The molecule has 8 heteroatoms. The van der Waals surface area contributed by atoms with Crippen molar-refractivity contribution in [2.75, 3.05) is 0 Å². The van der Waals surface area contributed by atoms with E-state index in [0.29, 0.717) is 12.3 Å². The third-order valence-corrected chi connectivity index (χ3v) is 4.84. The molecule has 0 radical (unpaired) electrons. The van der Waals surface area contributed by atoms with Gasteiger partial charge in [0, 0.05) is 6.42 Å². The molecule has 1 aliphatic heterocycles. The molecule has 1 heterocycles. The van der Waals surface area contributed by atoms with Crippen molar-refractivity contribution in [2.24, 2.45) is 11.8 Å². The molecule has 3 rings (SSSR count). The van der Waals surface area contributed by atoms with Crippen LogP contribution in [0.5, 0.6) is 0 Å². The summed E-state index contributed by atoms with van der Waals surface area (Å²) in [7, 11) is 0. The molecule has 1 aromatic rings. The number of hydrogen-bond donors (Lipinski definition) is 0. The molecule has 1 aliphatic carbocycles. The summed E-state index contributed by atoms with van der Waals surface area (Å²) in [5.41, 5.74) is -1.08. The molecular weight excluding hydrogens is 333 g/mol. The average Bonchev–Trinajstić information content (AvgIpc) is 2.85. The van der Waals surface area contributed by atoms with Crippen LogP contribution < -0.4 is 0 Å². The van der Waals surface area contributed by atoms with Crippen LogP contribution >= 0.6 is 0 Å². The number of halogens is 5. The minimum atomic E-state index is -2.22. The number of fused-ring (bicyclic) bond motifs is 1. The van der Waals surface area contributed by atoms with Crippen molar-refractivity contribution in [1.29, 1.82) is 0 Å². The van der Waals surface area contributed by atoms with Gasteiger partial charge in [0.05, 0.1) is 11.6 Å². The number of benzene rings is 1. The first-order chi connectivity index (χ1) is 11.3. The highest BCUT2D eigenvalue weighted by Crippen LogP contribution is 2.39. The Morgan fingerprint density at radius 3 is 2.21 bits per heavy atom. The Kier molecular flexibility index (Phi) is 4.50. The van der Waals surface area contributed by atoms with Gasteiger partial charge >= 0.3 is 0 Å². The van der Waals surface area contributed by atoms with Gasteiger partial charge in [-0.05, 0) is 31.1 Å². The Morgan fingerprint density at radius 1 is 1.00 bits per heavy atom. The minimum absolute atomic E-state index is 0.0950. The maximum absolute atomic E-state index is 13.7. The van der Waals surface area contributed by atoms with Crippen molar-refractivity contribution < 1.29 is 31.6 Å². The topological polar surface area (TPSA) is 29.5 Å². The molecule has 2 fully saturated rings. The van der Waals surface area contributed by atoms with Crippen molar-refractivity contribution >= 4 is 5.91 Å². The lowest BCUT2D eigenvalue weighted by Gasteiger charge is -2.33. The fourth-order valence-corrected chi connectivity index (χ4v) is 3.59. The molecule has 3 atom stereocenters. The third-order valence-electron chi connectivity index (χ3n) is 4.84. The van der Waals surface area contributed by atoms with Gasteiger partial charge in [-0.3, -0.25) is 9.63 Å². The van der Waals surface area contributed by atoms with Gasteiger partial charge in [0.15, 0.2) is 23.3 Å². The zero-order valence-electron chi connectivity index (χ0n) is 12.9. The van der Waals surface area contributed by atoms with E-state index in [1.165, 1.54) is 0 Å². The maximum atomic E-state index is 13.7. The highest BCUT2D eigenvalue weighted by Gasteiger charge is 2.43. The van der Waals surface area contributed by atoms with Gasteiger partial charge in [-0.15, -0.1) is 0 Å². The van der Waals surface area contributed by atoms with Crippen LogP contribution in [0.2, 0.25) is 0 Å². The second-order valence-electron chi connectivity index (χ2n) is 6.49. The predicted molar refractivity (Wildman–Crippen MR) is 72.8 cm³/mol. The van der Waals surface area contributed by atoms with Crippen molar-refractivity contribution in [3.63, 3.8) is 0 Å². The molecule has 0 unspecified atom stereocenters. The SMILES string of the molecule is C[C@@H]1CC[C@@H]2[C@H](CC(=O)N2OCc2c(F)c(F)c(F)c(F)c2F)C1. The van der Waals surface area contributed by atoms with E-state index in [1.807, 2.05) is 0 Å². The highest BCUT2D eigenvalue weighted by atomic mass is 19.2. The van der Waals surface area contributed by atoms with Crippen LogP contribution in [0.15, 0.2) is 0 Å². The van der Waals surface area contributed by atoms with E-state index in [2.05, 4.69) is 6.92 Å². The van der Waals surface area contributed by atoms with E-state index in [1.54, 1.807) is 0 Å². The van der Waals surface area contributed by atoms with Gasteiger partial charge in [0.25, 0.3) is 0 Å². The zero-order valence-corrected chi connectivity index (χ0v) is 12.9. The predicted octanol–water partition coefficient (Wildman–Crippen LogP) is 3.85. The molecule has 24 heavy (non-hydrogen) atoms. The van der Waals surface area contributed by atoms with Crippen molar-refractivity contribution in [1.82, 2.24) is 5.06 Å². The summed E-state index contributed by atoms with van der Waals surface area (Å²) in [5, 5.41) is 1.05. The standard InChI is InChI=1S/C16H16F5NO2/c1-7-2-3-10-8(4-7)5-11(23)22(10)24-6-9-12(17)14(19)16(21)15(20)13(9)18/h7-8,10H,2-6H2,1H3/t7-,8+,10-/m1/s1. The van der Waals surface area contributed by atoms with Crippen molar-refractivity contribution in [3.05, 3.63) is 34.6 Å². The van der Waals surface area contributed by atoms with E-state index >= 15 is 0 Å². The number of hydroxylamine groups is 2. The lowest BCUT2D eigenvalue weighted by Crippen LogP contribution is -2.38. The lowest BCUT2D eigenvalue weighted by molar-refractivity contribution is -0.200. The fourth-order valence-electron chi connectivity index (χ4n) is 3.59. The van der Waals surface area contributed by atoms with E-state index in [-0.39, 0.29) is 24.3 Å². The summed E-state index contributed by atoms with van der Waals surface area (Å²) < 4.78 is 66.7. The second-order valence-corrected chi connectivity index (χ2v) is 6.49. The molecule has 0 aromatic heterocycles. The summed E-state index contributed by atoms with van der Waals surface area (Å²) in [6, 6.07) is -0.213. The van der Waals surface area contributed by atoms with Crippen LogP contribution in [0.25, 0.3) is 0 Å². The first-order valence-electron chi connectivity index (χ1n) is 7.76. The summed E-state index contributed by atoms with van der Waals surface area (Å²) in [5.74, 6) is -9.89. The largest absolute Gasteiger partial charge is 0.273 e. The van der Waals surface area contributed by atoms with E-state index in [4.69, 9.17) is 4.84 Å². The zero-order chi connectivity index (χ0) is 17.6. The molecule has 1 amide bonds. The highest BCUT2D eigenvalue weighted by molar-refractivity contribution is 5.78. The first-order valence-corrected chi connectivity index (χ1v) is 7.76. The molecule has 1 saturated carbocycles. The molecule has 0 N–H and O–H groups in total. The summed E-state index contributed by atoms with van der Waals surface area (Å²) >= 11 is 0. The van der Waals surface area contributed by atoms with Crippen LogP contribution in [0.4, 0.5) is 22.0 Å². The van der Waals surface area contributed by atoms with E-state index < -0.39 is 41.3 Å². The fraction of sp³-hybridized carbons (Fsp3) is 0.562. The molecule has 0 spiro atoms. The van der Waals surface area contributed by atoms with Crippen LogP contribution in [-0.4, -0.2) is 17.0 Å². The quantitative estimate of drug-likeness (QED) is 0.471. The molecule has 3 nitrogen and oxygen atoms in total. The van der Waals surface area contributed by atoms with Crippen molar-refractivity contribution in [3.8, 4) is 0 Å². The van der Waals surface area contributed by atoms with Gasteiger partial charge < -0.3 is 0 Å². The second kappa shape index (κ2) is 6.31. The Bertz CT molecular complexity index is 652. The van der Waals surface area contributed by atoms with Crippen molar-refractivity contribution in [2.45, 2.75) is 45.3 Å². The molecule has 1 saturated heterocycles. The Balaban J connectivity index is 1.78. The van der Waals surface area contributed by atoms with Gasteiger partial charge in [-0.1, -0.05) is 6.92 Å². The average molecular weight is 349 g/mol. The third kappa shape index (κ3) is 2.76.